The second-order valence-corrected chi connectivity index (χ2v) is 5.20. The number of hydrogen-bond acceptors (Lipinski definition) is 4. The SMILES string of the molecule is Cc1nc(C)n(Cc2nc(-c3ccccc3C)oc2C)n1. The van der Waals surface area contributed by atoms with Gasteiger partial charge in [0.05, 0.1) is 6.54 Å². The van der Waals surface area contributed by atoms with E-state index in [2.05, 4.69) is 28.1 Å². The molecule has 0 fully saturated rings. The van der Waals surface area contributed by atoms with Crippen LogP contribution in [0.1, 0.15) is 28.7 Å². The largest absolute Gasteiger partial charge is 0.441 e. The molecule has 21 heavy (non-hydrogen) atoms. The van der Waals surface area contributed by atoms with Gasteiger partial charge >= 0.3 is 0 Å². The van der Waals surface area contributed by atoms with Crippen molar-refractivity contribution in [1.29, 1.82) is 0 Å². The second kappa shape index (κ2) is 5.16. The van der Waals surface area contributed by atoms with Crippen LogP contribution in [0.5, 0.6) is 0 Å². The normalized spacial score (nSPS) is 11.0. The third-order valence-electron chi connectivity index (χ3n) is 3.53. The first kappa shape index (κ1) is 13.5. The van der Waals surface area contributed by atoms with Gasteiger partial charge in [0.15, 0.2) is 0 Å². The summed E-state index contributed by atoms with van der Waals surface area (Å²) >= 11 is 0. The Morgan fingerprint density at radius 3 is 2.48 bits per heavy atom. The van der Waals surface area contributed by atoms with Gasteiger partial charge in [0.1, 0.15) is 23.1 Å². The highest BCUT2D eigenvalue weighted by Crippen LogP contribution is 2.25. The van der Waals surface area contributed by atoms with Crippen molar-refractivity contribution in [1.82, 2.24) is 19.7 Å². The van der Waals surface area contributed by atoms with E-state index < -0.39 is 0 Å². The maximum Gasteiger partial charge on any atom is 0.226 e. The highest BCUT2D eigenvalue weighted by molar-refractivity contribution is 5.58. The molecule has 2 aromatic heterocycles. The summed E-state index contributed by atoms with van der Waals surface area (Å²) in [6.07, 6.45) is 0. The molecule has 2 heterocycles. The molecule has 0 saturated heterocycles. The second-order valence-electron chi connectivity index (χ2n) is 5.20. The maximum absolute atomic E-state index is 5.83. The van der Waals surface area contributed by atoms with Gasteiger partial charge in [0, 0.05) is 5.56 Å². The molecule has 0 N–H and O–H groups in total. The fourth-order valence-electron chi connectivity index (χ4n) is 2.36. The van der Waals surface area contributed by atoms with E-state index in [1.54, 1.807) is 0 Å². The molecule has 0 aliphatic heterocycles. The van der Waals surface area contributed by atoms with Gasteiger partial charge < -0.3 is 4.42 Å². The van der Waals surface area contributed by atoms with Gasteiger partial charge in [-0.2, -0.15) is 5.10 Å². The predicted molar refractivity (Wildman–Crippen MR) is 80.0 cm³/mol. The van der Waals surface area contributed by atoms with Crippen molar-refractivity contribution < 1.29 is 4.42 Å². The number of rotatable bonds is 3. The molecule has 3 aromatic rings. The van der Waals surface area contributed by atoms with E-state index in [-0.39, 0.29) is 0 Å². The molecule has 0 bridgehead atoms. The van der Waals surface area contributed by atoms with Gasteiger partial charge in [-0.3, -0.25) is 0 Å². The number of aryl methyl sites for hydroxylation is 4. The van der Waals surface area contributed by atoms with E-state index in [9.17, 15) is 0 Å². The van der Waals surface area contributed by atoms with E-state index >= 15 is 0 Å². The first-order chi connectivity index (χ1) is 10.0. The first-order valence-corrected chi connectivity index (χ1v) is 6.95. The molecule has 0 saturated carbocycles. The van der Waals surface area contributed by atoms with Crippen LogP contribution in [0.25, 0.3) is 11.5 Å². The highest BCUT2D eigenvalue weighted by atomic mass is 16.4. The molecule has 0 unspecified atom stereocenters. The van der Waals surface area contributed by atoms with Gasteiger partial charge in [-0.15, -0.1) is 0 Å². The molecule has 3 rings (SSSR count). The number of oxazole rings is 1. The Bertz CT molecular complexity index is 785. The number of benzene rings is 1. The van der Waals surface area contributed by atoms with Crippen LogP contribution in [0.2, 0.25) is 0 Å². The fraction of sp³-hybridized carbons (Fsp3) is 0.312. The van der Waals surface area contributed by atoms with Crippen LogP contribution >= 0.6 is 0 Å². The Hall–Kier alpha value is -2.43. The fourth-order valence-corrected chi connectivity index (χ4v) is 2.36. The summed E-state index contributed by atoms with van der Waals surface area (Å²) in [5, 5.41) is 4.37. The van der Waals surface area contributed by atoms with Crippen molar-refractivity contribution >= 4 is 0 Å². The minimum Gasteiger partial charge on any atom is -0.441 e. The van der Waals surface area contributed by atoms with Crippen LogP contribution in [0, 0.1) is 27.7 Å². The molecule has 5 nitrogen and oxygen atoms in total. The van der Waals surface area contributed by atoms with E-state index in [0.717, 1.165) is 34.2 Å². The molecule has 5 heteroatoms. The van der Waals surface area contributed by atoms with Gasteiger partial charge in [-0.05, 0) is 39.3 Å². The van der Waals surface area contributed by atoms with Crippen LogP contribution in [-0.2, 0) is 6.54 Å². The summed E-state index contributed by atoms with van der Waals surface area (Å²) in [6, 6.07) is 8.08. The molecule has 0 radical (unpaired) electrons. The van der Waals surface area contributed by atoms with E-state index in [1.807, 2.05) is 43.7 Å². The summed E-state index contributed by atoms with van der Waals surface area (Å²) in [5.74, 6) is 3.14. The Morgan fingerprint density at radius 2 is 1.81 bits per heavy atom. The zero-order chi connectivity index (χ0) is 15.0. The first-order valence-electron chi connectivity index (χ1n) is 6.95. The van der Waals surface area contributed by atoms with Crippen LogP contribution in [0.3, 0.4) is 0 Å². The number of aromatic nitrogens is 4. The van der Waals surface area contributed by atoms with Crippen molar-refractivity contribution in [3.8, 4) is 11.5 Å². The maximum atomic E-state index is 5.83. The molecule has 0 aliphatic carbocycles. The lowest BCUT2D eigenvalue weighted by molar-refractivity contribution is 0.534. The predicted octanol–water partition coefficient (Wildman–Crippen LogP) is 3.22. The molecule has 0 amide bonds. The van der Waals surface area contributed by atoms with Crippen molar-refractivity contribution in [2.24, 2.45) is 0 Å². The monoisotopic (exact) mass is 282 g/mol. The average molecular weight is 282 g/mol. The Balaban J connectivity index is 1.95. The highest BCUT2D eigenvalue weighted by Gasteiger charge is 2.14. The van der Waals surface area contributed by atoms with E-state index in [1.165, 1.54) is 0 Å². The molecule has 0 atom stereocenters. The molecule has 1 aromatic carbocycles. The van der Waals surface area contributed by atoms with Crippen molar-refractivity contribution in [2.75, 3.05) is 0 Å². The lowest BCUT2D eigenvalue weighted by Crippen LogP contribution is -2.05. The number of nitrogens with zero attached hydrogens (tertiary/aromatic N) is 4. The van der Waals surface area contributed by atoms with Crippen LogP contribution in [0.4, 0.5) is 0 Å². The summed E-state index contributed by atoms with van der Waals surface area (Å²) in [5.41, 5.74) is 3.07. The smallest absolute Gasteiger partial charge is 0.226 e. The zero-order valence-corrected chi connectivity index (χ0v) is 12.7. The summed E-state index contributed by atoms with van der Waals surface area (Å²) < 4.78 is 7.68. The summed E-state index contributed by atoms with van der Waals surface area (Å²) in [6.45, 7) is 8.40. The van der Waals surface area contributed by atoms with Gasteiger partial charge in [0.25, 0.3) is 0 Å². The molecular formula is C16H18N4O. The van der Waals surface area contributed by atoms with Crippen LogP contribution < -0.4 is 0 Å². The zero-order valence-electron chi connectivity index (χ0n) is 12.7. The topological polar surface area (TPSA) is 56.7 Å². The summed E-state index contributed by atoms with van der Waals surface area (Å²) in [7, 11) is 0. The Labute approximate surface area is 123 Å². The van der Waals surface area contributed by atoms with E-state index in [0.29, 0.717) is 12.4 Å². The Morgan fingerprint density at radius 1 is 1.05 bits per heavy atom. The molecular weight excluding hydrogens is 264 g/mol. The van der Waals surface area contributed by atoms with Gasteiger partial charge in [-0.25, -0.2) is 14.6 Å². The van der Waals surface area contributed by atoms with Crippen molar-refractivity contribution in [3.05, 3.63) is 52.9 Å². The minimum atomic E-state index is 0.577. The van der Waals surface area contributed by atoms with Crippen molar-refractivity contribution in [2.45, 2.75) is 34.2 Å². The Kier molecular flexibility index (Phi) is 3.33. The van der Waals surface area contributed by atoms with Gasteiger partial charge in [-0.1, -0.05) is 18.2 Å². The third kappa shape index (κ3) is 2.59. The standard InChI is InChI=1S/C16H18N4O/c1-10-7-5-6-8-14(10)16-18-15(11(2)21-16)9-20-13(4)17-12(3)19-20/h5-8H,9H2,1-4H3. The van der Waals surface area contributed by atoms with Crippen LogP contribution in [0.15, 0.2) is 28.7 Å². The van der Waals surface area contributed by atoms with Crippen LogP contribution in [-0.4, -0.2) is 19.7 Å². The quantitative estimate of drug-likeness (QED) is 0.740. The minimum absolute atomic E-state index is 0.577. The average Bonchev–Trinajstić information content (AvgIpc) is 2.94. The molecule has 0 spiro atoms. The van der Waals surface area contributed by atoms with Crippen molar-refractivity contribution in [3.63, 3.8) is 0 Å². The van der Waals surface area contributed by atoms with Gasteiger partial charge in [0.2, 0.25) is 5.89 Å². The third-order valence-corrected chi connectivity index (χ3v) is 3.53. The molecule has 108 valence electrons. The molecule has 0 aliphatic rings. The lowest BCUT2D eigenvalue weighted by Gasteiger charge is -2.00. The summed E-state index contributed by atoms with van der Waals surface area (Å²) in [4.78, 5) is 8.94. The van der Waals surface area contributed by atoms with E-state index in [4.69, 9.17) is 4.42 Å². The number of hydrogen-bond donors (Lipinski definition) is 0. The lowest BCUT2D eigenvalue weighted by atomic mass is 10.1.